The molecule has 0 unspecified atom stereocenters. The molecule has 0 amide bonds. The molecule has 1 saturated carbocycles. The van der Waals surface area contributed by atoms with Crippen LogP contribution >= 0.6 is 12.2 Å². The first kappa shape index (κ1) is 16.5. The molecule has 5 nitrogen and oxygen atoms in total. The van der Waals surface area contributed by atoms with E-state index in [0.29, 0.717) is 22.8 Å². The van der Waals surface area contributed by atoms with Crippen molar-refractivity contribution in [1.82, 2.24) is 15.3 Å². The highest BCUT2D eigenvalue weighted by atomic mass is 32.1. The van der Waals surface area contributed by atoms with Crippen LogP contribution in [-0.4, -0.2) is 21.9 Å². The third kappa shape index (κ3) is 3.86. The number of nitriles is 1. The summed E-state index contributed by atoms with van der Waals surface area (Å²) in [6.45, 7) is 4.22. The lowest BCUT2D eigenvalue weighted by Gasteiger charge is -2.30. The maximum absolute atomic E-state index is 9.02. The Morgan fingerprint density at radius 1 is 1.50 bits per heavy atom. The molecule has 0 aromatic carbocycles. The summed E-state index contributed by atoms with van der Waals surface area (Å²) >= 11 is 5.30. The molecule has 1 aromatic heterocycles. The number of aromatic nitrogens is 1. The average Bonchev–Trinajstić information content (AvgIpc) is 2.77. The summed E-state index contributed by atoms with van der Waals surface area (Å²) in [6.07, 6.45) is 6.69. The molecule has 1 aromatic rings. The summed E-state index contributed by atoms with van der Waals surface area (Å²) in [5.74, 6) is 0.645. The zero-order valence-corrected chi connectivity index (χ0v) is 14.2. The Labute approximate surface area is 137 Å². The van der Waals surface area contributed by atoms with Gasteiger partial charge in [0.15, 0.2) is 5.11 Å². The van der Waals surface area contributed by atoms with Gasteiger partial charge in [0.05, 0.1) is 6.21 Å². The molecule has 0 aliphatic heterocycles. The van der Waals surface area contributed by atoms with Crippen LogP contribution in [0.25, 0.3) is 0 Å². The van der Waals surface area contributed by atoms with Gasteiger partial charge in [-0.15, -0.1) is 0 Å². The van der Waals surface area contributed by atoms with E-state index in [-0.39, 0.29) is 0 Å². The fourth-order valence-corrected chi connectivity index (χ4v) is 3.06. The van der Waals surface area contributed by atoms with Gasteiger partial charge in [0.1, 0.15) is 11.8 Å². The Morgan fingerprint density at radius 2 is 2.23 bits per heavy atom. The highest BCUT2D eigenvalue weighted by Gasteiger charge is 2.21. The van der Waals surface area contributed by atoms with Crippen LogP contribution in [0, 0.1) is 24.2 Å². The van der Waals surface area contributed by atoms with Gasteiger partial charge in [0.25, 0.3) is 0 Å². The summed E-state index contributed by atoms with van der Waals surface area (Å²) in [4.78, 5) is 0. The van der Waals surface area contributed by atoms with Gasteiger partial charge in [-0.05, 0) is 44.0 Å². The van der Waals surface area contributed by atoms with Crippen LogP contribution in [0.5, 0.6) is 0 Å². The van der Waals surface area contributed by atoms with E-state index in [0.717, 1.165) is 17.7 Å². The van der Waals surface area contributed by atoms with E-state index in [1.54, 1.807) is 6.21 Å². The third-order valence-corrected chi connectivity index (χ3v) is 4.70. The Balaban J connectivity index is 1.89. The molecular weight excluding hydrogens is 294 g/mol. The average molecular weight is 317 g/mol. The van der Waals surface area contributed by atoms with Crippen molar-refractivity contribution in [3.63, 3.8) is 0 Å². The topological polar surface area (TPSA) is 65.1 Å². The van der Waals surface area contributed by atoms with Crippen molar-refractivity contribution in [2.75, 3.05) is 0 Å². The highest BCUT2D eigenvalue weighted by Crippen LogP contribution is 2.23. The summed E-state index contributed by atoms with van der Waals surface area (Å²) in [5, 5.41) is 17.1. The molecule has 6 heteroatoms. The molecule has 0 radical (unpaired) electrons. The third-order valence-electron chi connectivity index (χ3n) is 4.49. The summed E-state index contributed by atoms with van der Waals surface area (Å²) in [5.41, 5.74) is 5.41. The van der Waals surface area contributed by atoms with Crippen LogP contribution in [0.4, 0.5) is 0 Å². The van der Waals surface area contributed by atoms with Gasteiger partial charge >= 0.3 is 0 Å². The predicted molar refractivity (Wildman–Crippen MR) is 92.7 cm³/mol. The van der Waals surface area contributed by atoms with Gasteiger partial charge in [-0.25, -0.2) is 0 Å². The molecule has 0 saturated heterocycles. The highest BCUT2D eigenvalue weighted by molar-refractivity contribution is 7.80. The smallest absolute Gasteiger partial charge is 0.187 e. The molecule has 118 valence electrons. The van der Waals surface area contributed by atoms with Crippen molar-refractivity contribution >= 4 is 23.5 Å². The van der Waals surface area contributed by atoms with Crippen LogP contribution < -0.4 is 10.7 Å². The van der Waals surface area contributed by atoms with Crippen molar-refractivity contribution in [2.24, 2.45) is 18.1 Å². The van der Waals surface area contributed by atoms with Crippen LogP contribution in [0.3, 0.4) is 0 Å². The Morgan fingerprint density at radius 3 is 2.86 bits per heavy atom. The number of rotatable bonds is 3. The van der Waals surface area contributed by atoms with Gasteiger partial charge in [-0.2, -0.15) is 10.4 Å². The lowest BCUT2D eigenvalue weighted by molar-refractivity contribution is 0.308. The van der Waals surface area contributed by atoms with E-state index in [2.05, 4.69) is 28.8 Å². The molecule has 0 spiro atoms. The van der Waals surface area contributed by atoms with Gasteiger partial charge in [-0.3, -0.25) is 5.43 Å². The first-order chi connectivity index (χ1) is 10.5. The Bertz CT molecular complexity index is 611. The molecule has 0 bridgehead atoms. The fourth-order valence-electron chi connectivity index (χ4n) is 2.85. The van der Waals surface area contributed by atoms with E-state index in [9.17, 15) is 0 Å². The molecule has 1 heterocycles. The normalized spacial score (nSPS) is 21.5. The first-order valence-electron chi connectivity index (χ1n) is 7.69. The molecule has 1 fully saturated rings. The Kier molecular flexibility index (Phi) is 5.56. The maximum Gasteiger partial charge on any atom is 0.187 e. The molecule has 2 rings (SSSR count). The molecule has 22 heavy (non-hydrogen) atoms. The fraction of sp³-hybridized carbons (Fsp3) is 0.562. The number of hydrazone groups is 1. The minimum absolute atomic E-state index is 0.438. The maximum atomic E-state index is 9.02. The number of hydrogen-bond acceptors (Lipinski definition) is 3. The summed E-state index contributed by atoms with van der Waals surface area (Å²) < 4.78 is 1.85. The minimum Gasteiger partial charge on any atom is -0.358 e. The number of hydrogen-bond donors (Lipinski definition) is 2. The molecule has 1 aliphatic carbocycles. The second kappa shape index (κ2) is 7.41. The number of nitrogens with one attached hydrogen (secondary N) is 2. The van der Waals surface area contributed by atoms with Crippen molar-refractivity contribution in [3.05, 3.63) is 23.0 Å². The van der Waals surface area contributed by atoms with E-state index < -0.39 is 0 Å². The van der Waals surface area contributed by atoms with Crippen LogP contribution in [0.15, 0.2) is 11.2 Å². The SMILES string of the molecule is Cc1c(/C=N\NC(=S)N[C@H]2CCCC[C@@H]2C)cc(C#N)n1C. The monoisotopic (exact) mass is 317 g/mol. The minimum atomic E-state index is 0.438. The second-order valence-electron chi connectivity index (χ2n) is 5.95. The van der Waals surface area contributed by atoms with Crippen LogP contribution in [-0.2, 0) is 7.05 Å². The van der Waals surface area contributed by atoms with E-state index >= 15 is 0 Å². The molecule has 2 N–H and O–H groups in total. The number of thiocarbonyl (C=S) groups is 1. The number of nitrogens with zero attached hydrogens (tertiary/aromatic N) is 3. The first-order valence-corrected chi connectivity index (χ1v) is 8.09. The molecular formula is C16H23N5S. The van der Waals surface area contributed by atoms with E-state index in [4.69, 9.17) is 17.5 Å². The van der Waals surface area contributed by atoms with E-state index in [1.807, 2.05) is 24.6 Å². The van der Waals surface area contributed by atoms with Gasteiger partial charge < -0.3 is 9.88 Å². The van der Waals surface area contributed by atoms with Crippen LogP contribution in [0.2, 0.25) is 0 Å². The zero-order valence-electron chi connectivity index (χ0n) is 13.4. The molecule has 1 aliphatic rings. The Hall–Kier alpha value is -1.87. The summed E-state index contributed by atoms with van der Waals surface area (Å²) in [7, 11) is 1.87. The van der Waals surface area contributed by atoms with Crippen molar-refractivity contribution < 1.29 is 0 Å². The lowest BCUT2D eigenvalue weighted by Crippen LogP contribution is -2.44. The standard InChI is InChI=1S/C16H23N5S/c1-11-6-4-5-7-15(11)19-16(22)20-18-10-13-8-14(9-17)21(3)12(13)2/h8,10-11,15H,4-7H2,1-3H3,(H2,19,20,22)/b18-10-/t11-,15-/m0/s1. The van der Waals surface area contributed by atoms with Crippen molar-refractivity contribution in [2.45, 2.75) is 45.6 Å². The molecule has 2 atom stereocenters. The van der Waals surface area contributed by atoms with Gasteiger partial charge in [0, 0.05) is 24.3 Å². The van der Waals surface area contributed by atoms with Gasteiger partial charge in [0.2, 0.25) is 0 Å². The van der Waals surface area contributed by atoms with Crippen molar-refractivity contribution in [3.8, 4) is 6.07 Å². The quantitative estimate of drug-likeness (QED) is 0.511. The zero-order chi connectivity index (χ0) is 16.1. The van der Waals surface area contributed by atoms with Crippen molar-refractivity contribution in [1.29, 1.82) is 5.26 Å². The van der Waals surface area contributed by atoms with Gasteiger partial charge in [-0.1, -0.05) is 19.8 Å². The lowest BCUT2D eigenvalue weighted by atomic mass is 9.86. The largest absolute Gasteiger partial charge is 0.358 e. The second-order valence-corrected chi connectivity index (χ2v) is 6.36. The van der Waals surface area contributed by atoms with Crippen LogP contribution in [0.1, 0.15) is 49.6 Å². The summed E-state index contributed by atoms with van der Waals surface area (Å²) in [6, 6.07) is 4.41. The predicted octanol–water partition coefficient (Wildman–Crippen LogP) is 2.58. The van der Waals surface area contributed by atoms with E-state index in [1.165, 1.54) is 19.3 Å².